The molecule has 5 heteroatoms. The van der Waals surface area contributed by atoms with E-state index in [0.717, 1.165) is 17.8 Å². The zero-order valence-corrected chi connectivity index (χ0v) is 13.1. The topological polar surface area (TPSA) is 58.2 Å². The van der Waals surface area contributed by atoms with E-state index in [1.165, 1.54) is 5.56 Å². The van der Waals surface area contributed by atoms with Crippen LogP contribution < -0.4 is 10.0 Å². The normalized spacial score (nSPS) is 11.1. The summed E-state index contributed by atoms with van der Waals surface area (Å²) in [7, 11) is -3.23. The first-order chi connectivity index (χ1) is 10.0. The van der Waals surface area contributed by atoms with Gasteiger partial charge >= 0.3 is 0 Å². The van der Waals surface area contributed by atoms with Crippen LogP contribution in [0.1, 0.15) is 19.4 Å². The number of anilines is 3. The fourth-order valence-electron chi connectivity index (χ4n) is 1.98. The summed E-state index contributed by atoms with van der Waals surface area (Å²) in [6.07, 6.45) is 0.956. The Hall–Kier alpha value is -2.01. The number of benzene rings is 2. The maximum Gasteiger partial charge on any atom is 0.232 e. The molecule has 0 saturated heterocycles. The summed E-state index contributed by atoms with van der Waals surface area (Å²) in [4.78, 5) is 0. The molecule has 0 saturated carbocycles. The van der Waals surface area contributed by atoms with Crippen LogP contribution in [-0.2, 0) is 16.4 Å². The van der Waals surface area contributed by atoms with Gasteiger partial charge in [0.1, 0.15) is 0 Å². The standard InChI is InChI=1S/C16H20N2O2S/c1-3-13-7-5-6-8-16(13)17-14-9-11-15(12-10-14)18-21(19,20)4-2/h5-12,17-18H,3-4H2,1-2H3. The molecule has 0 unspecified atom stereocenters. The third-order valence-corrected chi connectivity index (χ3v) is 4.52. The van der Waals surface area contributed by atoms with Crippen molar-refractivity contribution in [1.29, 1.82) is 0 Å². The lowest BCUT2D eigenvalue weighted by atomic mass is 10.1. The Balaban J connectivity index is 2.13. The Labute approximate surface area is 126 Å². The molecule has 0 bridgehead atoms. The summed E-state index contributed by atoms with van der Waals surface area (Å²) in [5.74, 6) is 0.0663. The van der Waals surface area contributed by atoms with Crippen molar-refractivity contribution in [2.24, 2.45) is 0 Å². The van der Waals surface area contributed by atoms with Crippen LogP contribution in [0, 0.1) is 0 Å². The van der Waals surface area contributed by atoms with Gasteiger partial charge in [-0.05, 0) is 49.2 Å². The molecule has 0 aliphatic rings. The predicted octanol–water partition coefficient (Wildman–Crippen LogP) is 3.75. The molecular formula is C16H20N2O2S. The fourth-order valence-corrected chi connectivity index (χ4v) is 2.62. The van der Waals surface area contributed by atoms with Gasteiger partial charge in [0.15, 0.2) is 0 Å². The first kappa shape index (κ1) is 15.4. The maximum atomic E-state index is 11.5. The van der Waals surface area contributed by atoms with Crippen LogP contribution in [0.3, 0.4) is 0 Å². The monoisotopic (exact) mass is 304 g/mol. The highest BCUT2D eigenvalue weighted by atomic mass is 32.2. The number of hydrogen-bond acceptors (Lipinski definition) is 3. The minimum Gasteiger partial charge on any atom is -0.355 e. The molecule has 21 heavy (non-hydrogen) atoms. The van der Waals surface area contributed by atoms with E-state index in [-0.39, 0.29) is 5.75 Å². The predicted molar refractivity (Wildman–Crippen MR) is 88.6 cm³/mol. The summed E-state index contributed by atoms with van der Waals surface area (Å²) in [6, 6.07) is 15.4. The van der Waals surface area contributed by atoms with Crippen LogP contribution in [0.4, 0.5) is 17.1 Å². The smallest absolute Gasteiger partial charge is 0.232 e. The molecule has 0 aromatic heterocycles. The number of rotatable bonds is 6. The molecule has 0 amide bonds. The molecule has 0 aliphatic carbocycles. The van der Waals surface area contributed by atoms with Crippen molar-refractivity contribution >= 4 is 27.1 Å². The molecule has 2 N–H and O–H groups in total. The number of aryl methyl sites for hydroxylation is 1. The Kier molecular flexibility index (Phi) is 4.85. The minimum atomic E-state index is -3.23. The fraction of sp³-hybridized carbons (Fsp3) is 0.250. The number of sulfonamides is 1. The molecule has 112 valence electrons. The summed E-state index contributed by atoms with van der Waals surface area (Å²) in [5, 5.41) is 3.35. The quantitative estimate of drug-likeness (QED) is 0.854. The molecule has 0 spiro atoms. The SMILES string of the molecule is CCc1ccccc1Nc1ccc(NS(=O)(=O)CC)cc1. The van der Waals surface area contributed by atoms with E-state index in [2.05, 4.69) is 23.0 Å². The van der Waals surface area contributed by atoms with E-state index in [0.29, 0.717) is 5.69 Å². The number of para-hydroxylation sites is 1. The zero-order chi connectivity index (χ0) is 15.3. The Morgan fingerprint density at radius 1 is 0.905 bits per heavy atom. The summed E-state index contributed by atoms with van der Waals surface area (Å²) in [6.45, 7) is 3.73. The van der Waals surface area contributed by atoms with E-state index in [9.17, 15) is 8.42 Å². The van der Waals surface area contributed by atoms with Crippen molar-refractivity contribution in [2.75, 3.05) is 15.8 Å². The van der Waals surface area contributed by atoms with Gasteiger partial charge in [0.25, 0.3) is 0 Å². The van der Waals surface area contributed by atoms with Crippen LogP contribution in [0.25, 0.3) is 0 Å². The highest BCUT2D eigenvalue weighted by Crippen LogP contribution is 2.22. The van der Waals surface area contributed by atoms with E-state index in [1.54, 1.807) is 19.1 Å². The van der Waals surface area contributed by atoms with Gasteiger partial charge in [-0.25, -0.2) is 8.42 Å². The van der Waals surface area contributed by atoms with Crippen LogP contribution in [0.5, 0.6) is 0 Å². The lowest BCUT2D eigenvalue weighted by molar-refractivity contribution is 0.602. The van der Waals surface area contributed by atoms with E-state index in [4.69, 9.17) is 0 Å². The Bertz CT molecular complexity index is 694. The third kappa shape index (κ3) is 4.23. The maximum absolute atomic E-state index is 11.5. The van der Waals surface area contributed by atoms with Gasteiger partial charge in [-0.1, -0.05) is 25.1 Å². The highest BCUT2D eigenvalue weighted by Gasteiger charge is 2.06. The second-order valence-electron chi connectivity index (χ2n) is 4.72. The van der Waals surface area contributed by atoms with Gasteiger partial charge in [-0.2, -0.15) is 0 Å². The van der Waals surface area contributed by atoms with Crippen LogP contribution >= 0.6 is 0 Å². The average Bonchev–Trinajstić information content (AvgIpc) is 2.49. The molecule has 0 atom stereocenters. The number of hydrogen-bond donors (Lipinski definition) is 2. The molecule has 0 heterocycles. The van der Waals surface area contributed by atoms with Gasteiger partial charge in [0.2, 0.25) is 10.0 Å². The largest absolute Gasteiger partial charge is 0.355 e. The number of nitrogens with one attached hydrogen (secondary N) is 2. The Morgan fingerprint density at radius 2 is 1.52 bits per heavy atom. The second-order valence-corrected chi connectivity index (χ2v) is 6.73. The zero-order valence-electron chi connectivity index (χ0n) is 12.3. The van der Waals surface area contributed by atoms with Crippen molar-refractivity contribution in [3.05, 3.63) is 54.1 Å². The molecule has 4 nitrogen and oxygen atoms in total. The molecule has 2 rings (SSSR count). The van der Waals surface area contributed by atoms with Crippen molar-refractivity contribution in [3.8, 4) is 0 Å². The van der Waals surface area contributed by atoms with Gasteiger partial charge < -0.3 is 5.32 Å². The lowest BCUT2D eigenvalue weighted by Gasteiger charge is -2.12. The van der Waals surface area contributed by atoms with E-state index < -0.39 is 10.0 Å². The molecular weight excluding hydrogens is 284 g/mol. The van der Waals surface area contributed by atoms with Gasteiger partial charge in [-0.3, -0.25) is 4.72 Å². The summed E-state index contributed by atoms with van der Waals surface area (Å²) >= 11 is 0. The lowest BCUT2D eigenvalue weighted by Crippen LogP contribution is -2.14. The third-order valence-electron chi connectivity index (χ3n) is 3.22. The molecule has 0 radical (unpaired) electrons. The van der Waals surface area contributed by atoms with Crippen molar-refractivity contribution < 1.29 is 8.42 Å². The van der Waals surface area contributed by atoms with Crippen molar-refractivity contribution in [2.45, 2.75) is 20.3 Å². The van der Waals surface area contributed by atoms with Crippen LogP contribution in [0.2, 0.25) is 0 Å². The van der Waals surface area contributed by atoms with Gasteiger partial charge in [-0.15, -0.1) is 0 Å². The molecule has 0 fully saturated rings. The average molecular weight is 304 g/mol. The van der Waals surface area contributed by atoms with Crippen molar-refractivity contribution in [3.63, 3.8) is 0 Å². The molecule has 2 aromatic rings. The van der Waals surface area contributed by atoms with E-state index >= 15 is 0 Å². The van der Waals surface area contributed by atoms with Gasteiger partial charge in [0, 0.05) is 17.1 Å². The van der Waals surface area contributed by atoms with E-state index in [1.807, 2.05) is 30.3 Å². The summed E-state index contributed by atoms with van der Waals surface area (Å²) in [5.41, 5.74) is 3.82. The highest BCUT2D eigenvalue weighted by molar-refractivity contribution is 7.92. The molecule has 2 aromatic carbocycles. The van der Waals surface area contributed by atoms with Gasteiger partial charge in [0.05, 0.1) is 5.75 Å². The first-order valence-corrected chi connectivity index (χ1v) is 8.64. The Morgan fingerprint density at radius 3 is 2.14 bits per heavy atom. The van der Waals surface area contributed by atoms with Crippen LogP contribution in [0.15, 0.2) is 48.5 Å². The minimum absolute atomic E-state index is 0.0663. The van der Waals surface area contributed by atoms with Crippen LogP contribution in [-0.4, -0.2) is 14.2 Å². The molecule has 0 aliphatic heterocycles. The first-order valence-electron chi connectivity index (χ1n) is 6.99. The van der Waals surface area contributed by atoms with Crippen molar-refractivity contribution in [1.82, 2.24) is 0 Å². The summed E-state index contributed by atoms with van der Waals surface area (Å²) < 4.78 is 25.5. The second kappa shape index (κ2) is 6.63.